The van der Waals surface area contributed by atoms with E-state index in [1.165, 1.54) is 88.4 Å². The number of quaternary nitrogens is 1. The van der Waals surface area contributed by atoms with Gasteiger partial charge in [-0.05, 0) is 26.7 Å². The molecule has 20 heavy (non-hydrogen) atoms. The van der Waals surface area contributed by atoms with E-state index in [1.807, 2.05) is 0 Å². The van der Waals surface area contributed by atoms with Gasteiger partial charge in [0, 0.05) is 18.8 Å². The molecular formula is C17H35NO2. The maximum absolute atomic E-state index is 8.89. The van der Waals surface area contributed by atoms with Crippen LogP contribution >= 0.6 is 0 Å². The highest BCUT2D eigenvalue weighted by molar-refractivity contribution is 5.60. The van der Waals surface area contributed by atoms with Crippen molar-refractivity contribution in [3.05, 3.63) is 0 Å². The second kappa shape index (κ2) is 12.2. The summed E-state index contributed by atoms with van der Waals surface area (Å²) >= 11 is 0. The Kier molecular flexibility index (Phi) is 11.8. The van der Waals surface area contributed by atoms with Crippen LogP contribution in [0.3, 0.4) is 0 Å². The van der Waals surface area contributed by atoms with E-state index in [-0.39, 0.29) is 0 Å². The lowest BCUT2D eigenvalue weighted by atomic mass is 10.1. The molecule has 1 rings (SSSR count). The zero-order valence-corrected chi connectivity index (χ0v) is 14.0. The number of nitrogens with zero attached hydrogens (tertiary/aromatic N) is 1. The lowest BCUT2D eigenvalue weighted by Crippen LogP contribution is -2.45. The van der Waals surface area contributed by atoms with Crippen molar-refractivity contribution < 1.29 is 14.4 Å². The van der Waals surface area contributed by atoms with Gasteiger partial charge in [0.2, 0.25) is 0 Å². The summed E-state index contributed by atoms with van der Waals surface area (Å²) in [5.74, 6) is -1.08. The minimum absolute atomic E-state index is 0.972. The van der Waals surface area contributed by atoms with Crippen LogP contribution in [0, 0.1) is 0 Å². The summed E-state index contributed by atoms with van der Waals surface area (Å²) in [6, 6.07) is 0. The van der Waals surface area contributed by atoms with Gasteiger partial charge in [-0.25, -0.2) is 0 Å². The van der Waals surface area contributed by atoms with Gasteiger partial charge < -0.3 is 14.4 Å². The largest absolute Gasteiger partial charge is 0.550 e. The molecule has 0 aromatic heterocycles. The normalized spacial score (nSPS) is 16.6. The molecule has 1 fully saturated rings. The van der Waals surface area contributed by atoms with Crippen LogP contribution < -0.4 is 5.11 Å². The van der Waals surface area contributed by atoms with Gasteiger partial charge in [-0.15, -0.1) is 0 Å². The first kappa shape index (κ1) is 19.4. The highest BCUT2D eigenvalue weighted by atomic mass is 16.4. The fourth-order valence-electron chi connectivity index (χ4n) is 3.11. The number of hydrogen-bond donors (Lipinski definition) is 0. The Morgan fingerprint density at radius 2 is 1.40 bits per heavy atom. The Balaban J connectivity index is 0.000000796. The number of hydrogen-bond acceptors (Lipinski definition) is 2. The van der Waals surface area contributed by atoms with E-state index in [4.69, 9.17) is 9.90 Å². The molecule has 0 amide bonds. The van der Waals surface area contributed by atoms with Crippen molar-refractivity contribution in [3.8, 4) is 0 Å². The summed E-state index contributed by atoms with van der Waals surface area (Å²) in [4.78, 5) is 8.89. The maximum atomic E-state index is 8.89. The average Bonchev–Trinajstić information content (AvgIpc) is 2.86. The first-order valence-corrected chi connectivity index (χ1v) is 8.59. The molecule has 0 aromatic carbocycles. The number of carbonyl (C=O) groups excluding carboxylic acids is 1. The van der Waals surface area contributed by atoms with Crippen LogP contribution in [0.4, 0.5) is 0 Å². The number of carboxylic acids is 1. The SMILES string of the molecule is CC(=O)[O-].CCCCCCCCC[N+]1(CC)CCCC1. The van der Waals surface area contributed by atoms with Crippen LogP contribution in [-0.4, -0.2) is 36.6 Å². The number of unbranched alkanes of at least 4 members (excludes halogenated alkanes) is 6. The predicted molar refractivity (Wildman–Crippen MR) is 83.3 cm³/mol. The van der Waals surface area contributed by atoms with Crippen molar-refractivity contribution in [1.82, 2.24) is 0 Å². The molecule has 0 spiro atoms. The molecule has 120 valence electrons. The quantitative estimate of drug-likeness (QED) is 0.482. The van der Waals surface area contributed by atoms with Gasteiger partial charge >= 0.3 is 0 Å². The van der Waals surface area contributed by atoms with E-state index >= 15 is 0 Å². The van der Waals surface area contributed by atoms with Gasteiger partial charge in [0.1, 0.15) is 0 Å². The summed E-state index contributed by atoms with van der Waals surface area (Å²) in [5.41, 5.74) is 0. The maximum Gasteiger partial charge on any atom is 0.0788 e. The topological polar surface area (TPSA) is 40.1 Å². The molecule has 0 radical (unpaired) electrons. The molecule has 1 aliphatic rings. The lowest BCUT2D eigenvalue weighted by molar-refractivity contribution is -0.915. The Morgan fingerprint density at radius 1 is 0.950 bits per heavy atom. The molecule has 3 heteroatoms. The number of carbonyl (C=O) groups is 1. The number of likely N-dealkylation sites (tertiary alicyclic amines) is 1. The molecule has 1 aliphatic heterocycles. The standard InChI is InChI=1S/C15H32N.C2H4O2/c1-3-5-6-7-8-9-10-13-16(4-2)14-11-12-15-16;1-2(3)4/h3-15H2,1-2H3;1H3,(H,3,4)/q+1;/p-1. The van der Waals surface area contributed by atoms with Crippen LogP contribution in [0.25, 0.3) is 0 Å². The van der Waals surface area contributed by atoms with Crippen LogP contribution in [0.1, 0.15) is 78.6 Å². The fraction of sp³-hybridized carbons (Fsp3) is 0.941. The van der Waals surface area contributed by atoms with E-state index in [0.29, 0.717) is 0 Å². The molecule has 0 bridgehead atoms. The van der Waals surface area contributed by atoms with Gasteiger partial charge in [0.05, 0.1) is 26.2 Å². The van der Waals surface area contributed by atoms with Crippen molar-refractivity contribution in [1.29, 1.82) is 0 Å². The highest BCUT2D eigenvalue weighted by Crippen LogP contribution is 2.20. The van der Waals surface area contributed by atoms with Crippen LogP contribution in [0.2, 0.25) is 0 Å². The molecule has 1 heterocycles. The molecule has 0 N–H and O–H groups in total. The monoisotopic (exact) mass is 285 g/mol. The number of rotatable bonds is 9. The summed E-state index contributed by atoms with van der Waals surface area (Å²) < 4.78 is 1.44. The zero-order chi connectivity index (χ0) is 15.3. The van der Waals surface area contributed by atoms with Crippen LogP contribution in [0.15, 0.2) is 0 Å². The molecule has 0 atom stereocenters. The van der Waals surface area contributed by atoms with Gasteiger partial charge in [-0.1, -0.05) is 39.0 Å². The molecular weight excluding hydrogens is 250 g/mol. The van der Waals surface area contributed by atoms with E-state index in [1.54, 1.807) is 0 Å². The van der Waals surface area contributed by atoms with E-state index in [2.05, 4.69) is 13.8 Å². The van der Waals surface area contributed by atoms with Crippen LogP contribution in [-0.2, 0) is 4.79 Å². The van der Waals surface area contributed by atoms with Gasteiger partial charge in [0.25, 0.3) is 0 Å². The summed E-state index contributed by atoms with van der Waals surface area (Å²) in [6.45, 7) is 11.4. The minimum Gasteiger partial charge on any atom is -0.550 e. The van der Waals surface area contributed by atoms with Crippen molar-refractivity contribution >= 4 is 5.97 Å². The first-order valence-electron chi connectivity index (χ1n) is 8.59. The van der Waals surface area contributed by atoms with Crippen molar-refractivity contribution in [2.45, 2.75) is 78.6 Å². The Hall–Kier alpha value is -0.570. The molecule has 3 nitrogen and oxygen atoms in total. The van der Waals surface area contributed by atoms with Crippen molar-refractivity contribution in [3.63, 3.8) is 0 Å². The third-order valence-corrected chi connectivity index (χ3v) is 4.42. The van der Waals surface area contributed by atoms with Gasteiger partial charge in [-0.3, -0.25) is 0 Å². The molecule has 0 unspecified atom stereocenters. The average molecular weight is 285 g/mol. The van der Waals surface area contributed by atoms with Gasteiger partial charge in [0.15, 0.2) is 0 Å². The summed E-state index contributed by atoms with van der Waals surface area (Å²) in [7, 11) is 0. The third-order valence-electron chi connectivity index (χ3n) is 4.42. The Labute approximate surface area is 126 Å². The van der Waals surface area contributed by atoms with E-state index in [0.717, 1.165) is 6.92 Å². The molecule has 1 saturated heterocycles. The number of aliphatic carboxylic acids is 1. The van der Waals surface area contributed by atoms with Crippen molar-refractivity contribution in [2.75, 3.05) is 26.2 Å². The van der Waals surface area contributed by atoms with E-state index < -0.39 is 5.97 Å². The van der Waals surface area contributed by atoms with Crippen LogP contribution in [0.5, 0.6) is 0 Å². The third kappa shape index (κ3) is 10.2. The summed E-state index contributed by atoms with van der Waals surface area (Å²) in [6.07, 6.45) is 13.1. The second-order valence-electron chi connectivity index (χ2n) is 6.15. The smallest absolute Gasteiger partial charge is 0.0788 e. The lowest BCUT2D eigenvalue weighted by Gasteiger charge is -2.33. The Morgan fingerprint density at radius 3 is 1.85 bits per heavy atom. The van der Waals surface area contributed by atoms with E-state index in [9.17, 15) is 0 Å². The second-order valence-corrected chi connectivity index (χ2v) is 6.15. The fourth-order valence-corrected chi connectivity index (χ4v) is 3.11. The number of carboxylic acid groups (broad SMARTS) is 1. The molecule has 0 aromatic rings. The minimum atomic E-state index is -1.08. The molecule has 0 saturated carbocycles. The molecule has 0 aliphatic carbocycles. The zero-order valence-electron chi connectivity index (χ0n) is 14.0. The highest BCUT2D eigenvalue weighted by Gasteiger charge is 2.28. The van der Waals surface area contributed by atoms with Crippen molar-refractivity contribution in [2.24, 2.45) is 0 Å². The predicted octanol–water partition coefficient (Wildman–Crippen LogP) is 3.12. The summed E-state index contributed by atoms with van der Waals surface area (Å²) in [5, 5.41) is 8.89. The first-order chi connectivity index (χ1) is 9.56. The Bertz CT molecular complexity index is 231. The van der Waals surface area contributed by atoms with Gasteiger partial charge in [-0.2, -0.15) is 0 Å².